The van der Waals surface area contributed by atoms with Gasteiger partial charge in [-0.2, -0.15) is 0 Å². The number of ether oxygens (including phenoxy) is 1. The predicted molar refractivity (Wildman–Crippen MR) is 69.9 cm³/mol. The molecular formula is C12H22N2OS. The van der Waals surface area contributed by atoms with Gasteiger partial charge in [0.1, 0.15) is 0 Å². The lowest BCUT2D eigenvalue weighted by Crippen LogP contribution is -2.36. The zero-order chi connectivity index (χ0) is 11.6. The molecule has 2 rings (SSSR count). The van der Waals surface area contributed by atoms with Crippen molar-refractivity contribution in [2.75, 3.05) is 39.8 Å². The molecule has 3 nitrogen and oxygen atoms in total. The lowest BCUT2D eigenvalue weighted by Gasteiger charge is -2.26. The summed E-state index contributed by atoms with van der Waals surface area (Å²) in [5.74, 6) is 0. The van der Waals surface area contributed by atoms with E-state index >= 15 is 0 Å². The molecule has 92 valence electrons. The van der Waals surface area contributed by atoms with Gasteiger partial charge in [-0.15, -0.1) is 0 Å². The number of hydrogen-bond donors (Lipinski definition) is 0. The van der Waals surface area contributed by atoms with Gasteiger partial charge in [0.2, 0.25) is 0 Å². The van der Waals surface area contributed by atoms with Crippen molar-refractivity contribution in [3.63, 3.8) is 0 Å². The van der Waals surface area contributed by atoms with Crippen LogP contribution in [0.15, 0.2) is 0 Å². The van der Waals surface area contributed by atoms with E-state index in [1.807, 2.05) is 0 Å². The second-order valence-electron chi connectivity index (χ2n) is 5.27. The molecule has 0 aromatic heterocycles. The number of likely N-dealkylation sites (N-methyl/N-ethyl adjacent to an activating group) is 1. The smallest absolute Gasteiger partial charge is 0.0793 e. The van der Waals surface area contributed by atoms with Crippen LogP contribution in [0.1, 0.15) is 26.2 Å². The molecule has 0 N–H and O–H groups in total. The van der Waals surface area contributed by atoms with E-state index < -0.39 is 0 Å². The number of hydrogen-bond acceptors (Lipinski definition) is 3. The van der Waals surface area contributed by atoms with E-state index in [1.165, 1.54) is 6.42 Å². The molecule has 0 bridgehead atoms. The fraction of sp³-hybridized carbons (Fsp3) is 0.917. The first-order valence-electron chi connectivity index (χ1n) is 6.19. The molecule has 1 unspecified atom stereocenters. The van der Waals surface area contributed by atoms with Crippen LogP contribution in [0, 0.1) is 0 Å². The highest BCUT2D eigenvalue weighted by molar-refractivity contribution is 7.80. The van der Waals surface area contributed by atoms with Crippen LogP contribution >= 0.6 is 12.2 Å². The summed E-state index contributed by atoms with van der Waals surface area (Å²) in [6.45, 7) is 7.33. The molecule has 0 amide bonds. The van der Waals surface area contributed by atoms with Crippen molar-refractivity contribution in [3.05, 3.63) is 0 Å². The highest BCUT2D eigenvalue weighted by Gasteiger charge is 2.32. The van der Waals surface area contributed by atoms with Crippen molar-refractivity contribution in [1.82, 2.24) is 9.80 Å². The Hall–Kier alpha value is -0.190. The molecule has 0 radical (unpaired) electrons. The van der Waals surface area contributed by atoms with E-state index in [1.54, 1.807) is 0 Å². The zero-order valence-corrected chi connectivity index (χ0v) is 11.2. The minimum Gasteiger partial charge on any atom is -0.372 e. The van der Waals surface area contributed by atoms with Gasteiger partial charge in [0.25, 0.3) is 0 Å². The molecule has 1 atom stereocenters. The molecule has 4 heteroatoms. The van der Waals surface area contributed by atoms with Crippen molar-refractivity contribution in [2.24, 2.45) is 0 Å². The average molecular weight is 242 g/mol. The summed E-state index contributed by atoms with van der Waals surface area (Å²) < 4.78 is 6.03. The first-order chi connectivity index (χ1) is 7.59. The lowest BCUT2D eigenvalue weighted by atomic mass is 10.1. The van der Waals surface area contributed by atoms with Gasteiger partial charge in [-0.1, -0.05) is 12.2 Å². The van der Waals surface area contributed by atoms with Crippen LogP contribution in [0.3, 0.4) is 0 Å². The summed E-state index contributed by atoms with van der Waals surface area (Å²) in [6, 6.07) is 0. The minimum absolute atomic E-state index is 0.0656. The van der Waals surface area contributed by atoms with E-state index in [0.717, 1.165) is 50.6 Å². The van der Waals surface area contributed by atoms with Crippen molar-refractivity contribution in [2.45, 2.75) is 31.8 Å². The molecule has 2 aliphatic heterocycles. The Labute approximate surface area is 104 Å². The van der Waals surface area contributed by atoms with Crippen LogP contribution in [-0.2, 0) is 4.74 Å². The van der Waals surface area contributed by atoms with Gasteiger partial charge in [0.15, 0.2) is 0 Å². The van der Waals surface area contributed by atoms with E-state index in [-0.39, 0.29) is 5.60 Å². The molecular weight excluding hydrogens is 220 g/mol. The first-order valence-corrected chi connectivity index (χ1v) is 6.60. The summed E-state index contributed by atoms with van der Waals surface area (Å²) >= 11 is 5.30. The molecule has 2 heterocycles. The maximum absolute atomic E-state index is 6.03. The van der Waals surface area contributed by atoms with Crippen LogP contribution in [0.2, 0.25) is 0 Å². The van der Waals surface area contributed by atoms with E-state index in [4.69, 9.17) is 17.0 Å². The third-order valence-corrected chi connectivity index (χ3v) is 4.07. The van der Waals surface area contributed by atoms with E-state index in [0.29, 0.717) is 0 Å². The summed E-state index contributed by atoms with van der Waals surface area (Å²) in [7, 11) is 2.16. The molecule has 0 aliphatic carbocycles. The third-order valence-electron chi connectivity index (χ3n) is 3.61. The maximum atomic E-state index is 6.03. The molecule has 16 heavy (non-hydrogen) atoms. The third kappa shape index (κ3) is 2.93. The monoisotopic (exact) mass is 242 g/mol. The molecule has 0 aromatic carbocycles. The van der Waals surface area contributed by atoms with Gasteiger partial charge in [-0.3, -0.25) is 0 Å². The van der Waals surface area contributed by atoms with Gasteiger partial charge in [-0.25, -0.2) is 0 Å². The topological polar surface area (TPSA) is 15.7 Å². The largest absolute Gasteiger partial charge is 0.372 e. The second-order valence-corrected chi connectivity index (χ2v) is 5.74. The SMILES string of the molecule is CN1CCC(C)(OCCN2CCCC2=S)C1. The van der Waals surface area contributed by atoms with Gasteiger partial charge < -0.3 is 14.5 Å². The Balaban J connectivity index is 1.69. The summed E-state index contributed by atoms with van der Waals surface area (Å²) in [4.78, 5) is 5.75. The molecule has 0 saturated carbocycles. The Morgan fingerprint density at radius 3 is 2.81 bits per heavy atom. The van der Waals surface area contributed by atoms with Crippen LogP contribution in [0.4, 0.5) is 0 Å². The van der Waals surface area contributed by atoms with Gasteiger partial charge in [-0.05, 0) is 33.2 Å². The fourth-order valence-corrected chi connectivity index (χ4v) is 2.94. The Kier molecular flexibility index (Phi) is 3.82. The van der Waals surface area contributed by atoms with Gasteiger partial charge in [0.05, 0.1) is 17.2 Å². The van der Waals surface area contributed by atoms with Crippen molar-refractivity contribution in [3.8, 4) is 0 Å². The highest BCUT2D eigenvalue weighted by atomic mass is 32.1. The van der Waals surface area contributed by atoms with Crippen LogP contribution < -0.4 is 0 Å². The number of nitrogens with zero attached hydrogens (tertiary/aromatic N) is 2. The maximum Gasteiger partial charge on any atom is 0.0793 e. The van der Waals surface area contributed by atoms with Crippen LogP contribution in [0.5, 0.6) is 0 Å². The Morgan fingerprint density at radius 2 is 2.25 bits per heavy atom. The average Bonchev–Trinajstić information content (AvgIpc) is 2.75. The normalized spacial score (nSPS) is 31.6. The van der Waals surface area contributed by atoms with Crippen LogP contribution in [-0.4, -0.2) is 60.2 Å². The predicted octanol–water partition coefficient (Wildman–Crippen LogP) is 1.52. The van der Waals surface area contributed by atoms with E-state index in [2.05, 4.69) is 23.8 Å². The Morgan fingerprint density at radius 1 is 1.44 bits per heavy atom. The zero-order valence-electron chi connectivity index (χ0n) is 10.4. The van der Waals surface area contributed by atoms with Gasteiger partial charge in [0, 0.05) is 26.2 Å². The summed E-state index contributed by atoms with van der Waals surface area (Å²) in [5.41, 5.74) is 0.0656. The van der Waals surface area contributed by atoms with Crippen molar-refractivity contribution < 1.29 is 4.74 Å². The highest BCUT2D eigenvalue weighted by Crippen LogP contribution is 2.23. The number of rotatable bonds is 4. The first kappa shape index (κ1) is 12.3. The van der Waals surface area contributed by atoms with Crippen LogP contribution in [0.25, 0.3) is 0 Å². The molecule has 0 spiro atoms. The molecule has 2 fully saturated rings. The number of likely N-dealkylation sites (tertiary alicyclic amines) is 2. The van der Waals surface area contributed by atoms with Crippen molar-refractivity contribution >= 4 is 17.2 Å². The fourth-order valence-electron chi connectivity index (χ4n) is 2.62. The van der Waals surface area contributed by atoms with Gasteiger partial charge >= 0.3 is 0 Å². The number of thiocarbonyl (C=S) groups is 1. The molecule has 2 saturated heterocycles. The summed E-state index contributed by atoms with van der Waals surface area (Å²) in [5, 5.41) is 0. The Bertz CT molecular complexity index is 272. The minimum atomic E-state index is 0.0656. The molecule has 0 aromatic rings. The standard InChI is InChI=1S/C12H22N2OS/c1-12(5-7-13(2)10-12)15-9-8-14-6-3-4-11(14)16/h3-10H2,1-2H3. The van der Waals surface area contributed by atoms with Crippen molar-refractivity contribution in [1.29, 1.82) is 0 Å². The lowest BCUT2D eigenvalue weighted by molar-refractivity contribution is -0.0252. The second kappa shape index (κ2) is 4.98. The quantitative estimate of drug-likeness (QED) is 0.694. The van der Waals surface area contributed by atoms with E-state index in [9.17, 15) is 0 Å². The summed E-state index contributed by atoms with van der Waals surface area (Å²) in [6.07, 6.45) is 3.46. The molecule has 2 aliphatic rings.